The van der Waals surface area contributed by atoms with E-state index in [9.17, 15) is 13.2 Å². The Morgan fingerprint density at radius 2 is 1.93 bits per heavy atom. The highest BCUT2D eigenvalue weighted by Crippen LogP contribution is 2.30. The van der Waals surface area contributed by atoms with Gasteiger partial charge in [0.15, 0.2) is 5.76 Å². The first-order valence-corrected chi connectivity index (χ1v) is 11.0. The van der Waals surface area contributed by atoms with Crippen molar-refractivity contribution in [1.82, 2.24) is 9.46 Å². The summed E-state index contributed by atoms with van der Waals surface area (Å²) in [6.07, 6.45) is 1.31. The van der Waals surface area contributed by atoms with E-state index in [1.54, 1.807) is 18.7 Å². The standard InChI is InChI=1S/C20H27N3O4S/c1-14(2)23(18-10-6-5-7-11-18)20(24)17-9-8-12-22(13-17)28(25,26)19-15(3)21-27-16(19)4/h5-7,10-11,14,17H,8-9,12-13H2,1-4H3. The van der Waals surface area contributed by atoms with E-state index < -0.39 is 10.0 Å². The van der Waals surface area contributed by atoms with Crippen LogP contribution in [0.3, 0.4) is 0 Å². The van der Waals surface area contributed by atoms with Gasteiger partial charge in [0, 0.05) is 24.8 Å². The third-order valence-corrected chi connectivity index (χ3v) is 7.20. The van der Waals surface area contributed by atoms with Gasteiger partial charge in [0.1, 0.15) is 10.6 Å². The first-order valence-electron chi connectivity index (χ1n) is 9.54. The Labute approximate surface area is 166 Å². The number of carbonyl (C=O) groups is 1. The number of piperidine rings is 1. The van der Waals surface area contributed by atoms with E-state index in [1.165, 1.54) is 4.31 Å². The average Bonchev–Trinajstić information content (AvgIpc) is 3.01. The summed E-state index contributed by atoms with van der Waals surface area (Å²) in [6, 6.07) is 9.48. The highest BCUT2D eigenvalue weighted by molar-refractivity contribution is 7.89. The monoisotopic (exact) mass is 405 g/mol. The van der Waals surface area contributed by atoms with Gasteiger partial charge in [-0.05, 0) is 52.7 Å². The molecule has 0 aliphatic carbocycles. The molecule has 0 bridgehead atoms. The zero-order valence-corrected chi connectivity index (χ0v) is 17.6. The predicted molar refractivity (Wildman–Crippen MR) is 107 cm³/mol. The minimum Gasteiger partial charge on any atom is -0.360 e. The second-order valence-corrected chi connectivity index (χ2v) is 9.37. The molecular weight excluding hydrogens is 378 g/mol. The summed E-state index contributed by atoms with van der Waals surface area (Å²) < 4.78 is 32.7. The fourth-order valence-corrected chi connectivity index (χ4v) is 5.61. The van der Waals surface area contributed by atoms with Crippen LogP contribution < -0.4 is 4.90 Å². The molecule has 1 amide bonds. The summed E-state index contributed by atoms with van der Waals surface area (Å²) in [5.41, 5.74) is 1.17. The predicted octanol–water partition coefficient (Wildman–Crippen LogP) is 3.13. The lowest BCUT2D eigenvalue weighted by atomic mass is 9.97. The summed E-state index contributed by atoms with van der Waals surface area (Å²) in [6.45, 7) is 7.70. The lowest BCUT2D eigenvalue weighted by molar-refractivity contribution is -0.123. The van der Waals surface area contributed by atoms with Crippen molar-refractivity contribution >= 4 is 21.6 Å². The molecule has 1 aliphatic heterocycles. The molecule has 8 heteroatoms. The maximum absolute atomic E-state index is 13.3. The molecule has 2 aromatic rings. The van der Waals surface area contributed by atoms with Gasteiger partial charge in [0.05, 0.1) is 5.92 Å². The zero-order chi connectivity index (χ0) is 20.5. The molecule has 2 heterocycles. The first kappa shape index (κ1) is 20.5. The fourth-order valence-electron chi connectivity index (χ4n) is 3.80. The number of rotatable bonds is 5. The van der Waals surface area contributed by atoms with Crippen molar-refractivity contribution in [1.29, 1.82) is 0 Å². The largest absolute Gasteiger partial charge is 0.360 e. The number of benzene rings is 1. The van der Waals surface area contributed by atoms with Crippen molar-refractivity contribution in [3.63, 3.8) is 0 Å². The Kier molecular flexibility index (Phi) is 5.90. The number of anilines is 1. The summed E-state index contributed by atoms with van der Waals surface area (Å²) in [4.78, 5) is 15.2. The molecule has 0 spiro atoms. The Hall–Kier alpha value is -2.19. The van der Waals surface area contributed by atoms with Gasteiger partial charge >= 0.3 is 0 Å². The van der Waals surface area contributed by atoms with E-state index in [0.29, 0.717) is 25.1 Å². The molecule has 1 aromatic carbocycles. The normalized spacial score (nSPS) is 18.4. The van der Waals surface area contributed by atoms with Crippen molar-refractivity contribution in [3.8, 4) is 0 Å². The van der Waals surface area contributed by atoms with E-state index >= 15 is 0 Å². The van der Waals surface area contributed by atoms with Crippen LogP contribution in [0.1, 0.15) is 38.1 Å². The van der Waals surface area contributed by atoms with Crippen LogP contribution in [0.2, 0.25) is 0 Å². The van der Waals surface area contributed by atoms with Crippen LogP contribution in [-0.4, -0.2) is 42.9 Å². The van der Waals surface area contributed by atoms with Gasteiger partial charge in [-0.25, -0.2) is 8.42 Å². The number of hydrogen-bond donors (Lipinski definition) is 0. The Morgan fingerprint density at radius 3 is 2.50 bits per heavy atom. The van der Waals surface area contributed by atoms with Gasteiger partial charge in [-0.2, -0.15) is 4.31 Å². The molecule has 0 N–H and O–H groups in total. The third-order valence-electron chi connectivity index (χ3n) is 5.09. The topological polar surface area (TPSA) is 83.7 Å². The highest BCUT2D eigenvalue weighted by Gasteiger charge is 2.38. The highest BCUT2D eigenvalue weighted by atomic mass is 32.2. The molecule has 1 aliphatic rings. The van der Waals surface area contributed by atoms with Crippen LogP contribution in [0.5, 0.6) is 0 Å². The number of aryl methyl sites for hydroxylation is 2. The molecular formula is C20H27N3O4S. The van der Waals surface area contributed by atoms with Gasteiger partial charge in [0.2, 0.25) is 15.9 Å². The van der Waals surface area contributed by atoms with Crippen LogP contribution in [0.25, 0.3) is 0 Å². The molecule has 28 heavy (non-hydrogen) atoms. The fraction of sp³-hybridized carbons (Fsp3) is 0.500. The Bertz CT molecular complexity index is 918. The molecule has 0 radical (unpaired) electrons. The molecule has 1 fully saturated rings. The van der Waals surface area contributed by atoms with E-state index in [-0.39, 0.29) is 35.1 Å². The molecule has 3 rings (SSSR count). The number of amides is 1. The molecule has 0 saturated carbocycles. The van der Waals surface area contributed by atoms with E-state index in [2.05, 4.69) is 5.16 Å². The number of sulfonamides is 1. The molecule has 1 saturated heterocycles. The van der Waals surface area contributed by atoms with Crippen LogP contribution in [-0.2, 0) is 14.8 Å². The second-order valence-electron chi connectivity index (χ2n) is 7.49. The third kappa shape index (κ3) is 3.84. The number of nitrogens with zero attached hydrogens (tertiary/aromatic N) is 3. The van der Waals surface area contributed by atoms with Gasteiger partial charge < -0.3 is 9.42 Å². The lowest BCUT2D eigenvalue weighted by Gasteiger charge is -2.36. The van der Waals surface area contributed by atoms with Gasteiger partial charge in [-0.15, -0.1) is 0 Å². The number of carbonyl (C=O) groups excluding carboxylic acids is 1. The maximum Gasteiger partial charge on any atom is 0.248 e. The number of aromatic nitrogens is 1. The molecule has 7 nitrogen and oxygen atoms in total. The van der Waals surface area contributed by atoms with Gasteiger partial charge in [-0.1, -0.05) is 23.4 Å². The SMILES string of the molecule is Cc1noc(C)c1S(=O)(=O)N1CCCC(C(=O)N(c2ccccc2)C(C)C)C1. The van der Waals surface area contributed by atoms with Crippen LogP contribution in [0, 0.1) is 19.8 Å². The average molecular weight is 406 g/mol. The lowest BCUT2D eigenvalue weighted by Crippen LogP contribution is -2.48. The minimum absolute atomic E-state index is 0.0237. The first-order chi connectivity index (χ1) is 13.2. The van der Waals surface area contributed by atoms with Crippen LogP contribution >= 0.6 is 0 Å². The summed E-state index contributed by atoms with van der Waals surface area (Å²) in [5, 5.41) is 3.77. The number of para-hydroxylation sites is 1. The second kappa shape index (κ2) is 8.05. The van der Waals surface area contributed by atoms with Gasteiger partial charge in [0.25, 0.3) is 0 Å². The molecule has 1 aromatic heterocycles. The van der Waals surface area contributed by atoms with E-state index in [4.69, 9.17) is 4.52 Å². The summed E-state index contributed by atoms with van der Waals surface area (Å²) in [7, 11) is -3.75. The van der Waals surface area contributed by atoms with Crippen molar-refractivity contribution in [2.75, 3.05) is 18.0 Å². The molecule has 152 valence electrons. The Morgan fingerprint density at radius 1 is 1.25 bits per heavy atom. The smallest absolute Gasteiger partial charge is 0.248 e. The minimum atomic E-state index is -3.75. The van der Waals surface area contributed by atoms with Crippen molar-refractivity contribution in [2.24, 2.45) is 5.92 Å². The summed E-state index contributed by atoms with van der Waals surface area (Å²) in [5.74, 6) is -0.148. The van der Waals surface area contributed by atoms with Gasteiger partial charge in [-0.3, -0.25) is 4.79 Å². The van der Waals surface area contributed by atoms with E-state index in [0.717, 1.165) is 5.69 Å². The quantitative estimate of drug-likeness (QED) is 0.763. The zero-order valence-electron chi connectivity index (χ0n) is 16.8. The maximum atomic E-state index is 13.3. The van der Waals surface area contributed by atoms with Crippen molar-refractivity contribution in [3.05, 3.63) is 41.8 Å². The van der Waals surface area contributed by atoms with Crippen molar-refractivity contribution < 1.29 is 17.7 Å². The van der Waals surface area contributed by atoms with E-state index in [1.807, 2.05) is 44.2 Å². The van der Waals surface area contributed by atoms with Crippen LogP contribution in [0.4, 0.5) is 5.69 Å². The van der Waals surface area contributed by atoms with Crippen LogP contribution in [0.15, 0.2) is 39.8 Å². The molecule has 1 atom stereocenters. The van der Waals surface area contributed by atoms with Crippen molar-refractivity contribution in [2.45, 2.75) is 51.5 Å². The Balaban J connectivity index is 1.85. The summed E-state index contributed by atoms with van der Waals surface area (Å²) >= 11 is 0. The number of hydrogen-bond acceptors (Lipinski definition) is 5. The molecule has 1 unspecified atom stereocenters.